The van der Waals surface area contributed by atoms with Gasteiger partial charge in [-0.2, -0.15) is 0 Å². The summed E-state index contributed by atoms with van der Waals surface area (Å²) in [5.41, 5.74) is 3.45. The van der Waals surface area contributed by atoms with Gasteiger partial charge in [-0.3, -0.25) is 19.9 Å². The maximum absolute atomic E-state index is 12.4. The number of carbonyl (C=O) groups is 1. The number of carbonyl (C=O) groups excluding carboxylic acids is 1. The molecule has 34 heavy (non-hydrogen) atoms. The fourth-order valence-corrected chi connectivity index (χ4v) is 5.44. The molecule has 0 aliphatic heterocycles. The number of hydrogen-bond donors (Lipinski definition) is 0. The number of aromatic nitrogens is 1. The van der Waals surface area contributed by atoms with E-state index in [1.165, 1.54) is 29.2 Å². The Labute approximate surface area is 212 Å². The highest BCUT2D eigenvalue weighted by Crippen LogP contribution is 2.33. The van der Waals surface area contributed by atoms with Gasteiger partial charge in [-0.1, -0.05) is 45.9 Å². The average Bonchev–Trinajstić information content (AvgIpc) is 3.23. The van der Waals surface area contributed by atoms with Crippen molar-refractivity contribution in [2.24, 2.45) is 4.99 Å². The number of nitro groups is 1. The van der Waals surface area contributed by atoms with Crippen LogP contribution in [0.25, 0.3) is 10.2 Å². The predicted octanol–water partition coefficient (Wildman–Crippen LogP) is 6.76. The van der Waals surface area contributed by atoms with Gasteiger partial charge in [-0.25, -0.2) is 4.98 Å². The monoisotopic (exact) mass is 554 g/mol. The smallest absolute Gasteiger partial charge is 0.293 e. The largest absolute Gasteiger partial charge is 0.372 e. The van der Waals surface area contributed by atoms with Crippen molar-refractivity contribution in [3.63, 3.8) is 0 Å². The SMILES string of the molecule is CN(C)c1ccc(C=Nc2ccc3nc(SCC(=O)c4ccc(Br)cc4)sc3c2)cc1[N+](=O)[O-]. The maximum Gasteiger partial charge on any atom is 0.293 e. The van der Waals surface area contributed by atoms with Gasteiger partial charge in [-0.05, 0) is 42.0 Å². The predicted molar refractivity (Wildman–Crippen MR) is 143 cm³/mol. The lowest BCUT2D eigenvalue weighted by Crippen LogP contribution is -2.11. The van der Waals surface area contributed by atoms with Crippen molar-refractivity contribution in [2.75, 3.05) is 24.7 Å². The first kappa shape index (κ1) is 24.1. The average molecular weight is 555 g/mol. The van der Waals surface area contributed by atoms with Gasteiger partial charge in [0.25, 0.3) is 5.69 Å². The lowest BCUT2D eigenvalue weighted by molar-refractivity contribution is -0.384. The number of benzene rings is 3. The second-order valence-corrected chi connectivity index (χ2v) is 10.7. The van der Waals surface area contributed by atoms with Gasteiger partial charge < -0.3 is 4.90 Å². The Hall–Kier alpha value is -3.08. The van der Waals surface area contributed by atoms with Crippen molar-refractivity contribution in [1.82, 2.24) is 4.98 Å². The fraction of sp³-hybridized carbons (Fsp3) is 0.125. The number of nitro benzene ring substituents is 1. The lowest BCUT2D eigenvalue weighted by Gasteiger charge is -2.12. The molecule has 1 aromatic heterocycles. The summed E-state index contributed by atoms with van der Waals surface area (Å²) >= 11 is 6.30. The number of thioether (sulfide) groups is 1. The molecule has 0 aliphatic carbocycles. The minimum atomic E-state index is -0.392. The third-order valence-corrected chi connectivity index (χ3v) is 7.58. The molecular formula is C24H19BrN4O3S2. The zero-order valence-electron chi connectivity index (χ0n) is 18.3. The third-order valence-electron chi connectivity index (χ3n) is 4.89. The zero-order chi connectivity index (χ0) is 24.2. The molecule has 0 amide bonds. The first-order chi connectivity index (χ1) is 16.3. The first-order valence-corrected chi connectivity index (χ1v) is 12.7. The van der Waals surface area contributed by atoms with E-state index in [1.807, 2.05) is 30.3 Å². The molecule has 4 rings (SSSR count). The molecule has 0 radical (unpaired) electrons. The number of anilines is 1. The van der Waals surface area contributed by atoms with E-state index in [0.29, 0.717) is 22.6 Å². The minimum Gasteiger partial charge on any atom is -0.372 e. The summed E-state index contributed by atoms with van der Waals surface area (Å²) < 4.78 is 2.71. The minimum absolute atomic E-state index is 0.0335. The molecule has 0 saturated carbocycles. The van der Waals surface area contributed by atoms with Crippen molar-refractivity contribution < 1.29 is 9.72 Å². The third kappa shape index (κ3) is 5.69. The number of halogens is 1. The summed E-state index contributed by atoms with van der Waals surface area (Å²) in [4.78, 5) is 34.2. The van der Waals surface area contributed by atoms with Gasteiger partial charge in [0.05, 0.1) is 26.6 Å². The molecule has 0 N–H and O–H groups in total. The van der Waals surface area contributed by atoms with Crippen molar-refractivity contribution in [3.05, 3.63) is 86.4 Å². The molecule has 0 bridgehead atoms. The maximum atomic E-state index is 12.4. The van der Waals surface area contributed by atoms with Crippen LogP contribution in [0.5, 0.6) is 0 Å². The van der Waals surface area contributed by atoms with Gasteiger partial charge in [0, 0.05) is 36.4 Å². The molecule has 7 nitrogen and oxygen atoms in total. The van der Waals surface area contributed by atoms with Crippen LogP contribution in [0.2, 0.25) is 0 Å². The molecule has 172 valence electrons. The van der Waals surface area contributed by atoms with Crippen LogP contribution in [-0.4, -0.2) is 41.8 Å². The Balaban J connectivity index is 1.47. The lowest BCUT2D eigenvalue weighted by atomic mass is 10.1. The highest BCUT2D eigenvalue weighted by molar-refractivity contribution is 9.10. The van der Waals surface area contributed by atoms with Crippen LogP contribution in [0.15, 0.2) is 74.5 Å². The molecule has 10 heteroatoms. The molecule has 3 aromatic carbocycles. The highest BCUT2D eigenvalue weighted by Gasteiger charge is 2.15. The summed E-state index contributed by atoms with van der Waals surface area (Å²) in [6, 6.07) is 18.0. The quantitative estimate of drug-likeness (QED) is 0.0785. The van der Waals surface area contributed by atoms with E-state index in [2.05, 4.69) is 25.9 Å². The molecular weight excluding hydrogens is 536 g/mol. The van der Waals surface area contributed by atoms with Crippen LogP contribution >= 0.6 is 39.0 Å². The summed E-state index contributed by atoms with van der Waals surface area (Å²) in [5.74, 6) is 0.366. The summed E-state index contributed by atoms with van der Waals surface area (Å²) in [6.45, 7) is 0. The molecule has 0 saturated heterocycles. The number of aliphatic imine (C=N–C) groups is 1. The molecule has 0 fully saturated rings. The van der Waals surface area contributed by atoms with Crippen LogP contribution in [-0.2, 0) is 0 Å². The highest BCUT2D eigenvalue weighted by atomic mass is 79.9. The van der Waals surface area contributed by atoms with Crippen LogP contribution in [0.1, 0.15) is 15.9 Å². The Kier molecular flexibility index (Phi) is 7.40. The van der Waals surface area contributed by atoms with E-state index >= 15 is 0 Å². The number of thiazole rings is 1. The molecule has 0 unspecified atom stereocenters. The van der Waals surface area contributed by atoms with E-state index in [1.54, 1.807) is 49.5 Å². The first-order valence-electron chi connectivity index (χ1n) is 10.1. The van der Waals surface area contributed by atoms with Gasteiger partial charge in [-0.15, -0.1) is 11.3 Å². The summed E-state index contributed by atoms with van der Waals surface area (Å²) in [5, 5.41) is 11.4. The van der Waals surface area contributed by atoms with Crippen molar-refractivity contribution in [3.8, 4) is 0 Å². The number of hydrogen-bond acceptors (Lipinski definition) is 8. The molecule has 0 atom stereocenters. The molecule has 4 aromatic rings. The second-order valence-electron chi connectivity index (χ2n) is 7.51. The number of rotatable bonds is 8. The van der Waals surface area contributed by atoms with Crippen LogP contribution in [0, 0.1) is 10.1 Å². The van der Waals surface area contributed by atoms with Gasteiger partial charge in [0.1, 0.15) is 5.69 Å². The molecule has 1 heterocycles. The Morgan fingerprint density at radius 1 is 1.18 bits per heavy atom. The fourth-order valence-electron chi connectivity index (χ4n) is 3.17. The van der Waals surface area contributed by atoms with Gasteiger partial charge in [0.15, 0.2) is 10.1 Å². The zero-order valence-corrected chi connectivity index (χ0v) is 21.5. The van der Waals surface area contributed by atoms with E-state index in [9.17, 15) is 14.9 Å². The van der Waals surface area contributed by atoms with Gasteiger partial charge in [0.2, 0.25) is 0 Å². The standard InChI is InChI=1S/C24H19BrN4O3S2/c1-28(2)20-10-3-15(11-21(20)29(31)32)13-26-18-8-9-19-23(12-18)34-24(27-19)33-14-22(30)16-4-6-17(25)7-5-16/h3-13H,14H2,1-2H3. The Morgan fingerprint density at radius 2 is 1.94 bits per heavy atom. The summed E-state index contributed by atoms with van der Waals surface area (Å²) in [7, 11) is 3.53. The van der Waals surface area contributed by atoms with Crippen LogP contribution < -0.4 is 4.90 Å². The van der Waals surface area contributed by atoms with Crippen molar-refractivity contribution in [1.29, 1.82) is 0 Å². The normalized spacial score (nSPS) is 11.3. The number of ketones is 1. The Bertz CT molecular complexity index is 1400. The molecule has 0 spiro atoms. The van der Waals surface area contributed by atoms with Crippen LogP contribution in [0.3, 0.4) is 0 Å². The van der Waals surface area contributed by atoms with Gasteiger partial charge >= 0.3 is 0 Å². The Morgan fingerprint density at radius 3 is 2.65 bits per heavy atom. The number of fused-ring (bicyclic) bond motifs is 1. The van der Waals surface area contributed by atoms with E-state index in [4.69, 9.17) is 0 Å². The van der Waals surface area contributed by atoms with E-state index < -0.39 is 4.92 Å². The van der Waals surface area contributed by atoms with E-state index in [-0.39, 0.29) is 11.5 Å². The van der Waals surface area contributed by atoms with Crippen molar-refractivity contribution >= 4 is 78.3 Å². The van der Waals surface area contributed by atoms with Crippen LogP contribution in [0.4, 0.5) is 17.1 Å². The number of Topliss-reactive ketones (excluding diaryl/α,β-unsaturated/α-hetero) is 1. The second kappa shape index (κ2) is 10.5. The number of nitrogens with zero attached hydrogens (tertiary/aromatic N) is 4. The topological polar surface area (TPSA) is 88.7 Å². The molecule has 0 aliphatic rings. The summed E-state index contributed by atoms with van der Waals surface area (Å²) in [6.07, 6.45) is 1.61. The van der Waals surface area contributed by atoms with Crippen molar-refractivity contribution in [2.45, 2.75) is 4.34 Å². The van der Waals surface area contributed by atoms with E-state index in [0.717, 1.165) is 24.7 Å².